The van der Waals surface area contributed by atoms with Crippen LogP contribution in [-0.2, 0) is 17.5 Å². The van der Waals surface area contributed by atoms with Gasteiger partial charge in [-0.2, -0.15) is 18.2 Å². The molecule has 6 nitrogen and oxygen atoms in total. The van der Waals surface area contributed by atoms with Crippen LogP contribution in [0.2, 0.25) is 0 Å². The number of carbonyl (C=O) groups excluding carboxylic acids is 1. The minimum atomic E-state index is -4.55. The molecule has 1 aromatic carbocycles. The highest BCUT2D eigenvalue weighted by Gasteiger charge is 2.35. The van der Waals surface area contributed by atoms with E-state index in [1.807, 2.05) is 31.2 Å². The zero-order valence-corrected chi connectivity index (χ0v) is 17.3. The van der Waals surface area contributed by atoms with Crippen molar-refractivity contribution in [3.8, 4) is 0 Å². The molecule has 1 saturated heterocycles. The van der Waals surface area contributed by atoms with Crippen LogP contribution < -0.4 is 15.1 Å². The highest BCUT2D eigenvalue weighted by molar-refractivity contribution is 5.79. The lowest BCUT2D eigenvalue weighted by atomic mass is 9.96. The second-order valence-electron chi connectivity index (χ2n) is 7.77. The molecular formula is C21H26F3N5O. The number of piperidine rings is 1. The average Bonchev–Trinajstić information content (AvgIpc) is 2.72. The van der Waals surface area contributed by atoms with Crippen molar-refractivity contribution in [2.45, 2.75) is 32.5 Å². The van der Waals surface area contributed by atoms with Crippen LogP contribution in [0.1, 0.15) is 29.7 Å². The standard InChI is InChI=1S/C21H26F3N5O/c1-14-4-6-15(7-5-14)13-25-19(30)16-8-10-29(11-9-16)20-26-17(21(22,23)24)12-18(27-20)28(2)3/h4-7,12,16H,8-11,13H2,1-3H3,(H,25,30). The molecule has 1 aromatic heterocycles. The van der Waals surface area contributed by atoms with Crippen molar-refractivity contribution in [3.05, 3.63) is 47.2 Å². The largest absolute Gasteiger partial charge is 0.433 e. The van der Waals surface area contributed by atoms with Gasteiger partial charge in [0.2, 0.25) is 11.9 Å². The summed E-state index contributed by atoms with van der Waals surface area (Å²) >= 11 is 0. The molecular weight excluding hydrogens is 395 g/mol. The Morgan fingerprint density at radius 1 is 1.17 bits per heavy atom. The van der Waals surface area contributed by atoms with Gasteiger partial charge >= 0.3 is 6.18 Å². The van der Waals surface area contributed by atoms with Crippen molar-refractivity contribution in [3.63, 3.8) is 0 Å². The topological polar surface area (TPSA) is 61.4 Å². The molecule has 3 rings (SSSR count). The Kier molecular flexibility index (Phi) is 6.48. The first kappa shape index (κ1) is 21.9. The molecule has 0 saturated carbocycles. The van der Waals surface area contributed by atoms with E-state index in [1.165, 1.54) is 4.90 Å². The number of amides is 1. The summed E-state index contributed by atoms with van der Waals surface area (Å²) in [6, 6.07) is 8.89. The lowest BCUT2D eigenvalue weighted by Gasteiger charge is -2.32. The Balaban J connectivity index is 1.61. The van der Waals surface area contributed by atoms with Crippen molar-refractivity contribution >= 4 is 17.7 Å². The van der Waals surface area contributed by atoms with Crippen LogP contribution in [-0.4, -0.2) is 43.1 Å². The third kappa shape index (κ3) is 5.40. The molecule has 0 bridgehead atoms. The van der Waals surface area contributed by atoms with Gasteiger partial charge in [-0.15, -0.1) is 0 Å². The molecule has 0 spiro atoms. The number of anilines is 2. The number of benzene rings is 1. The predicted molar refractivity (Wildman–Crippen MR) is 109 cm³/mol. The molecule has 0 unspecified atom stereocenters. The number of aromatic nitrogens is 2. The lowest BCUT2D eigenvalue weighted by Crippen LogP contribution is -2.41. The Morgan fingerprint density at radius 3 is 2.37 bits per heavy atom. The van der Waals surface area contributed by atoms with Crippen LogP contribution in [0.5, 0.6) is 0 Å². The van der Waals surface area contributed by atoms with Gasteiger partial charge in [-0.05, 0) is 25.3 Å². The van der Waals surface area contributed by atoms with Crippen LogP contribution in [0, 0.1) is 12.8 Å². The molecule has 0 radical (unpaired) electrons. The van der Waals surface area contributed by atoms with Gasteiger partial charge in [0.15, 0.2) is 5.69 Å². The third-order valence-electron chi connectivity index (χ3n) is 5.19. The number of nitrogens with zero attached hydrogens (tertiary/aromatic N) is 4. The van der Waals surface area contributed by atoms with Gasteiger partial charge in [0.25, 0.3) is 0 Å². The van der Waals surface area contributed by atoms with Gasteiger partial charge in [-0.25, -0.2) is 4.98 Å². The van der Waals surface area contributed by atoms with E-state index < -0.39 is 11.9 Å². The summed E-state index contributed by atoms with van der Waals surface area (Å²) in [5, 5.41) is 2.95. The van der Waals surface area contributed by atoms with Gasteiger partial charge in [-0.1, -0.05) is 29.8 Å². The number of nitrogens with one attached hydrogen (secondary N) is 1. The molecule has 0 atom stereocenters. The van der Waals surface area contributed by atoms with Crippen LogP contribution in [0.4, 0.5) is 24.9 Å². The summed E-state index contributed by atoms with van der Waals surface area (Å²) in [6.07, 6.45) is -3.47. The van der Waals surface area contributed by atoms with Crippen molar-refractivity contribution < 1.29 is 18.0 Å². The number of halogens is 3. The first-order valence-electron chi connectivity index (χ1n) is 9.85. The molecule has 9 heteroatoms. The van der Waals surface area contributed by atoms with E-state index in [-0.39, 0.29) is 23.6 Å². The summed E-state index contributed by atoms with van der Waals surface area (Å²) in [5.41, 5.74) is 1.22. The summed E-state index contributed by atoms with van der Waals surface area (Å²) < 4.78 is 39.6. The van der Waals surface area contributed by atoms with Crippen LogP contribution in [0.25, 0.3) is 0 Å². The molecule has 1 aliphatic heterocycles. The summed E-state index contributed by atoms with van der Waals surface area (Å²) in [5.74, 6) is 0.0392. The van der Waals surface area contributed by atoms with Crippen molar-refractivity contribution in [1.29, 1.82) is 0 Å². The van der Waals surface area contributed by atoms with Crippen molar-refractivity contribution in [2.24, 2.45) is 5.92 Å². The van der Waals surface area contributed by atoms with E-state index in [0.29, 0.717) is 32.5 Å². The average molecular weight is 421 g/mol. The predicted octanol–water partition coefficient (Wildman–Crippen LogP) is 3.40. The van der Waals surface area contributed by atoms with Crippen LogP contribution in [0.15, 0.2) is 30.3 Å². The number of carbonyl (C=O) groups is 1. The number of alkyl halides is 3. The molecule has 2 aromatic rings. The first-order valence-corrected chi connectivity index (χ1v) is 9.85. The molecule has 30 heavy (non-hydrogen) atoms. The fraction of sp³-hybridized carbons (Fsp3) is 0.476. The van der Waals surface area contributed by atoms with E-state index in [0.717, 1.165) is 17.2 Å². The molecule has 1 aliphatic rings. The zero-order chi connectivity index (χ0) is 21.9. The second kappa shape index (κ2) is 8.89. The van der Waals surface area contributed by atoms with Crippen LogP contribution in [0.3, 0.4) is 0 Å². The lowest BCUT2D eigenvalue weighted by molar-refractivity contribution is -0.141. The first-order chi connectivity index (χ1) is 14.1. The Labute approximate surface area is 174 Å². The molecule has 0 aliphatic carbocycles. The van der Waals surface area contributed by atoms with Crippen molar-refractivity contribution in [1.82, 2.24) is 15.3 Å². The number of aryl methyl sites for hydroxylation is 1. The Morgan fingerprint density at radius 2 is 1.80 bits per heavy atom. The van der Waals surface area contributed by atoms with E-state index >= 15 is 0 Å². The number of hydrogen-bond donors (Lipinski definition) is 1. The Hall–Kier alpha value is -2.84. The maximum Gasteiger partial charge on any atom is 0.433 e. The van der Waals surface area contributed by atoms with E-state index in [9.17, 15) is 18.0 Å². The molecule has 1 amide bonds. The fourth-order valence-corrected chi connectivity index (χ4v) is 3.32. The normalized spacial score (nSPS) is 15.2. The minimum Gasteiger partial charge on any atom is -0.363 e. The maximum absolute atomic E-state index is 13.2. The summed E-state index contributed by atoms with van der Waals surface area (Å²) in [7, 11) is 3.27. The Bertz CT molecular complexity index is 875. The highest BCUT2D eigenvalue weighted by atomic mass is 19.4. The third-order valence-corrected chi connectivity index (χ3v) is 5.19. The summed E-state index contributed by atoms with van der Waals surface area (Å²) in [4.78, 5) is 23.7. The van der Waals surface area contributed by atoms with Gasteiger partial charge in [-0.3, -0.25) is 4.79 Å². The smallest absolute Gasteiger partial charge is 0.363 e. The molecule has 162 valence electrons. The minimum absolute atomic E-state index is 0.0332. The molecule has 1 N–H and O–H groups in total. The number of rotatable bonds is 5. The van der Waals surface area contributed by atoms with Gasteiger partial charge in [0.1, 0.15) is 5.82 Å². The van der Waals surface area contributed by atoms with E-state index in [4.69, 9.17) is 0 Å². The van der Waals surface area contributed by atoms with E-state index in [2.05, 4.69) is 15.3 Å². The van der Waals surface area contributed by atoms with Crippen molar-refractivity contribution in [2.75, 3.05) is 37.0 Å². The summed E-state index contributed by atoms with van der Waals surface area (Å²) in [6.45, 7) is 3.32. The number of hydrogen-bond acceptors (Lipinski definition) is 5. The van der Waals surface area contributed by atoms with Gasteiger partial charge in [0.05, 0.1) is 0 Å². The van der Waals surface area contributed by atoms with Crippen LogP contribution >= 0.6 is 0 Å². The van der Waals surface area contributed by atoms with Gasteiger partial charge < -0.3 is 15.1 Å². The van der Waals surface area contributed by atoms with Gasteiger partial charge in [0, 0.05) is 45.7 Å². The monoisotopic (exact) mass is 421 g/mol. The quantitative estimate of drug-likeness (QED) is 0.802. The molecule has 2 heterocycles. The maximum atomic E-state index is 13.2. The fourth-order valence-electron chi connectivity index (χ4n) is 3.32. The zero-order valence-electron chi connectivity index (χ0n) is 17.3. The highest BCUT2D eigenvalue weighted by Crippen LogP contribution is 2.31. The second-order valence-corrected chi connectivity index (χ2v) is 7.77. The molecule has 1 fully saturated rings. The SMILES string of the molecule is Cc1ccc(CNC(=O)C2CCN(c3nc(N(C)C)cc(C(F)(F)F)n3)CC2)cc1. The van der Waals surface area contributed by atoms with E-state index in [1.54, 1.807) is 19.0 Å².